The molecule has 2 heterocycles. The first-order valence-corrected chi connectivity index (χ1v) is 14.7. The Kier molecular flexibility index (Phi) is 11.7. The normalized spacial score (nSPS) is 15.0. The van der Waals surface area contributed by atoms with Crippen molar-refractivity contribution in [2.45, 2.75) is 50.4 Å². The number of fused-ring (bicyclic) bond motifs is 1. The van der Waals surface area contributed by atoms with Crippen LogP contribution in [0.1, 0.15) is 53.1 Å². The number of ether oxygens (including phenoxy) is 3. The number of hydrogen-bond donors (Lipinski definition) is 1. The lowest BCUT2D eigenvalue weighted by Crippen LogP contribution is -2.42. The van der Waals surface area contributed by atoms with Gasteiger partial charge in [0.25, 0.3) is 0 Å². The minimum Gasteiger partial charge on any atom is -0.488 e. The third-order valence-corrected chi connectivity index (χ3v) is 7.42. The lowest BCUT2D eigenvalue weighted by Gasteiger charge is -2.40. The van der Waals surface area contributed by atoms with Gasteiger partial charge in [0.1, 0.15) is 6.61 Å². The topological polar surface area (TPSA) is 114 Å². The van der Waals surface area contributed by atoms with Crippen molar-refractivity contribution in [3.63, 3.8) is 0 Å². The van der Waals surface area contributed by atoms with Crippen LogP contribution in [0, 0.1) is 0 Å². The highest BCUT2D eigenvalue weighted by Crippen LogP contribution is 2.44. The fourth-order valence-corrected chi connectivity index (χ4v) is 5.15. The van der Waals surface area contributed by atoms with Crippen LogP contribution in [0.15, 0.2) is 48.8 Å². The van der Waals surface area contributed by atoms with Crippen LogP contribution in [-0.2, 0) is 39.3 Å². The van der Waals surface area contributed by atoms with Crippen LogP contribution in [0.4, 0.5) is 55.9 Å². The van der Waals surface area contributed by atoms with E-state index in [9.17, 15) is 49.1 Å². The van der Waals surface area contributed by atoms with Gasteiger partial charge in [0.2, 0.25) is 5.95 Å². The van der Waals surface area contributed by atoms with Gasteiger partial charge in [-0.2, -0.15) is 39.5 Å². The summed E-state index contributed by atoms with van der Waals surface area (Å²) in [7, 11) is 1.42. The van der Waals surface area contributed by atoms with Crippen molar-refractivity contribution in [2.75, 3.05) is 43.3 Å². The van der Waals surface area contributed by atoms with Gasteiger partial charge < -0.3 is 24.2 Å². The Morgan fingerprint density at radius 1 is 0.880 bits per heavy atom. The molecule has 19 heteroatoms. The number of carbonyl (C=O) groups excluding carboxylic acids is 1. The van der Waals surface area contributed by atoms with Crippen LogP contribution in [0.3, 0.4) is 0 Å². The van der Waals surface area contributed by atoms with Crippen LogP contribution in [0.2, 0.25) is 0 Å². The Morgan fingerprint density at radius 2 is 1.50 bits per heavy atom. The van der Waals surface area contributed by atoms with Crippen LogP contribution < -0.4 is 14.5 Å². The molecule has 1 aromatic heterocycles. The van der Waals surface area contributed by atoms with E-state index in [0.717, 1.165) is 28.3 Å². The first-order valence-electron chi connectivity index (χ1n) is 14.7. The standard InChI is InChI=1S/C31H29F9N4O6/c1-48-9-10-49-22-15-41-27(42-16-22)44(17-18-11-20(30(35,36)37)13-21(12-18)31(38,39)40)25-6-7-43(28(47)50-8-2-3-26(45)46)24-5-4-19(14-23(24)25)29(32,33)34/h4-5,11-16,25H,2-3,6-10,17H2,1H3,(H,45,46)/t25-/m0/s1. The fraction of sp³-hybridized carbons (Fsp3) is 0.419. The van der Waals surface area contributed by atoms with E-state index >= 15 is 0 Å². The summed E-state index contributed by atoms with van der Waals surface area (Å²) < 4.78 is 140. The molecule has 50 heavy (non-hydrogen) atoms. The van der Waals surface area contributed by atoms with Crippen molar-refractivity contribution < 1.29 is 68.4 Å². The minimum atomic E-state index is -5.18. The van der Waals surface area contributed by atoms with Gasteiger partial charge in [-0.05, 0) is 60.4 Å². The number of methoxy groups -OCH3 is 1. The summed E-state index contributed by atoms with van der Waals surface area (Å²) >= 11 is 0. The van der Waals surface area contributed by atoms with E-state index in [4.69, 9.17) is 19.3 Å². The lowest BCUT2D eigenvalue weighted by atomic mass is 9.92. The number of amides is 1. The largest absolute Gasteiger partial charge is 0.488 e. The second kappa shape index (κ2) is 15.4. The van der Waals surface area contributed by atoms with Gasteiger partial charge in [-0.3, -0.25) is 9.69 Å². The average molecular weight is 725 g/mol. The molecular formula is C31H29F9N4O6. The zero-order valence-corrected chi connectivity index (χ0v) is 26.0. The SMILES string of the molecule is COCCOc1cnc(N(Cc2cc(C(F)(F)F)cc(C(F)(F)F)c2)[C@H]2CCN(C(=O)OCCCC(=O)O)c3ccc(C(F)(F)F)cc32)nc1. The zero-order chi connectivity index (χ0) is 36.9. The molecule has 272 valence electrons. The molecule has 1 N–H and O–H groups in total. The zero-order valence-electron chi connectivity index (χ0n) is 26.0. The van der Waals surface area contributed by atoms with Gasteiger partial charge in [-0.15, -0.1) is 0 Å². The second-order valence-corrected chi connectivity index (χ2v) is 10.9. The lowest BCUT2D eigenvalue weighted by molar-refractivity contribution is -0.143. The molecule has 0 aliphatic carbocycles. The van der Waals surface area contributed by atoms with Gasteiger partial charge in [0.15, 0.2) is 5.75 Å². The number of carbonyl (C=O) groups is 2. The van der Waals surface area contributed by atoms with Crippen molar-refractivity contribution >= 4 is 23.7 Å². The molecule has 4 rings (SSSR count). The monoisotopic (exact) mass is 724 g/mol. The quantitative estimate of drug-likeness (QED) is 0.150. The molecule has 0 bridgehead atoms. The molecule has 1 amide bonds. The van der Waals surface area contributed by atoms with E-state index in [0.29, 0.717) is 24.3 Å². The van der Waals surface area contributed by atoms with Crippen molar-refractivity contribution in [3.05, 3.63) is 76.6 Å². The maximum Gasteiger partial charge on any atom is 0.416 e. The van der Waals surface area contributed by atoms with E-state index in [1.807, 2.05) is 0 Å². The number of aliphatic carboxylic acids is 1. The Bertz CT molecular complexity index is 1620. The third-order valence-electron chi connectivity index (χ3n) is 7.42. The number of anilines is 2. The molecule has 3 aromatic rings. The molecule has 0 spiro atoms. The van der Waals surface area contributed by atoms with E-state index in [1.165, 1.54) is 7.11 Å². The van der Waals surface area contributed by atoms with E-state index in [-0.39, 0.29) is 74.6 Å². The molecule has 1 aliphatic rings. The molecule has 2 aromatic carbocycles. The van der Waals surface area contributed by atoms with Gasteiger partial charge >= 0.3 is 30.6 Å². The summed E-state index contributed by atoms with van der Waals surface area (Å²) in [4.78, 5) is 34.3. The predicted octanol–water partition coefficient (Wildman–Crippen LogP) is 7.52. The smallest absolute Gasteiger partial charge is 0.416 e. The van der Waals surface area contributed by atoms with Gasteiger partial charge in [0, 0.05) is 26.6 Å². The maximum absolute atomic E-state index is 13.9. The summed E-state index contributed by atoms with van der Waals surface area (Å²) in [5.74, 6) is -1.32. The second-order valence-electron chi connectivity index (χ2n) is 10.9. The Labute approximate surface area is 278 Å². The molecule has 0 radical (unpaired) electrons. The van der Waals surface area contributed by atoms with Crippen LogP contribution in [0.25, 0.3) is 0 Å². The first kappa shape index (κ1) is 38.0. The average Bonchev–Trinajstić information content (AvgIpc) is 3.04. The predicted molar refractivity (Wildman–Crippen MR) is 156 cm³/mol. The van der Waals surface area contributed by atoms with Crippen molar-refractivity contribution in [1.82, 2.24) is 9.97 Å². The third kappa shape index (κ3) is 9.66. The summed E-state index contributed by atoms with van der Waals surface area (Å²) in [6, 6.07) is 2.09. The fourth-order valence-electron chi connectivity index (χ4n) is 5.15. The molecule has 0 saturated heterocycles. The number of carboxylic acids is 1. The van der Waals surface area contributed by atoms with E-state index < -0.39 is 65.4 Å². The molecule has 0 fully saturated rings. The van der Waals surface area contributed by atoms with Crippen LogP contribution in [-0.4, -0.2) is 60.6 Å². The molecule has 1 aliphatic heterocycles. The molecule has 0 unspecified atom stereocenters. The Morgan fingerprint density at radius 3 is 2.06 bits per heavy atom. The van der Waals surface area contributed by atoms with Crippen molar-refractivity contribution in [3.8, 4) is 5.75 Å². The van der Waals surface area contributed by atoms with Crippen molar-refractivity contribution in [1.29, 1.82) is 0 Å². The number of aromatic nitrogens is 2. The van der Waals surface area contributed by atoms with Gasteiger partial charge in [-0.25, -0.2) is 14.8 Å². The summed E-state index contributed by atoms with van der Waals surface area (Å²) in [6.07, 6.45) is -14.5. The molecule has 0 saturated carbocycles. The summed E-state index contributed by atoms with van der Waals surface area (Å²) in [5, 5.41) is 8.82. The summed E-state index contributed by atoms with van der Waals surface area (Å²) in [5.41, 5.74) is -5.15. The maximum atomic E-state index is 13.9. The highest BCUT2D eigenvalue weighted by molar-refractivity contribution is 5.89. The Balaban J connectivity index is 1.82. The van der Waals surface area contributed by atoms with Gasteiger partial charge in [0.05, 0.1) is 54.0 Å². The number of halogens is 9. The number of carboxylic acid groups (broad SMARTS) is 1. The number of alkyl halides is 9. The van der Waals surface area contributed by atoms with E-state index in [2.05, 4.69) is 9.97 Å². The van der Waals surface area contributed by atoms with Gasteiger partial charge in [-0.1, -0.05) is 0 Å². The summed E-state index contributed by atoms with van der Waals surface area (Å²) in [6.45, 7) is -1.03. The van der Waals surface area contributed by atoms with Crippen molar-refractivity contribution in [2.24, 2.45) is 0 Å². The number of nitrogens with zero attached hydrogens (tertiary/aromatic N) is 4. The highest BCUT2D eigenvalue weighted by Gasteiger charge is 2.40. The first-order chi connectivity index (χ1) is 23.4. The Hall–Kier alpha value is -4.81. The highest BCUT2D eigenvalue weighted by atomic mass is 19.4. The number of benzene rings is 2. The van der Waals surface area contributed by atoms with Crippen LogP contribution >= 0.6 is 0 Å². The minimum absolute atomic E-state index is 0.0510. The molecule has 10 nitrogen and oxygen atoms in total. The molecule has 1 atom stereocenters. The number of hydrogen-bond acceptors (Lipinski definition) is 8. The molecular weight excluding hydrogens is 695 g/mol. The van der Waals surface area contributed by atoms with Crippen LogP contribution in [0.5, 0.6) is 5.75 Å². The van der Waals surface area contributed by atoms with E-state index in [1.54, 1.807) is 0 Å². The number of rotatable bonds is 12.